The Bertz CT molecular complexity index is 802. The van der Waals surface area contributed by atoms with Gasteiger partial charge in [0.15, 0.2) is 6.54 Å². The summed E-state index contributed by atoms with van der Waals surface area (Å²) < 4.78 is 26.7. The van der Waals surface area contributed by atoms with Gasteiger partial charge in [-0.15, -0.1) is 11.8 Å². The van der Waals surface area contributed by atoms with Crippen LogP contribution in [0.1, 0.15) is 18.5 Å². The number of benzene rings is 2. The molecule has 8 heteroatoms. The highest BCUT2D eigenvalue weighted by molar-refractivity contribution is 8.00. The number of carbonyl (C=O) groups excluding carboxylic acids is 2. The van der Waals surface area contributed by atoms with Gasteiger partial charge in [-0.3, -0.25) is 9.59 Å². The van der Waals surface area contributed by atoms with Gasteiger partial charge in [-0.2, -0.15) is 0 Å². The molecule has 5 nitrogen and oxygen atoms in total. The van der Waals surface area contributed by atoms with E-state index in [1.807, 2.05) is 0 Å². The topological polar surface area (TPSA) is 88.8 Å². The molecule has 138 valence electrons. The van der Waals surface area contributed by atoms with Gasteiger partial charge in [-0.25, -0.2) is 8.78 Å². The standard InChI is InChI=1S/C18H19F2N3O2S/c1-11(13-7-6-12(19)8-14(13)20)22-9-18(25)23-15-4-2-3-5-16(15)26-10-17(21)24/h2-8,11,22H,9-10H2,1H3,(H2,21,24)(H,23,25)/p+1/t11-/m0/s1. The fourth-order valence-corrected chi connectivity index (χ4v) is 3.07. The van der Waals surface area contributed by atoms with E-state index in [1.165, 1.54) is 23.9 Å². The van der Waals surface area contributed by atoms with Crippen molar-refractivity contribution in [2.45, 2.75) is 17.9 Å². The number of primary amides is 1. The van der Waals surface area contributed by atoms with Crippen molar-refractivity contribution in [3.05, 3.63) is 59.7 Å². The lowest BCUT2D eigenvalue weighted by atomic mass is 10.1. The quantitative estimate of drug-likeness (QED) is 0.610. The maximum absolute atomic E-state index is 13.8. The maximum Gasteiger partial charge on any atom is 0.279 e. The van der Waals surface area contributed by atoms with E-state index >= 15 is 0 Å². The third kappa shape index (κ3) is 5.82. The van der Waals surface area contributed by atoms with Gasteiger partial charge >= 0.3 is 0 Å². The minimum Gasteiger partial charge on any atom is -0.369 e. The van der Waals surface area contributed by atoms with E-state index in [0.29, 0.717) is 11.3 Å². The lowest BCUT2D eigenvalue weighted by Gasteiger charge is -2.13. The second-order valence-electron chi connectivity index (χ2n) is 5.69. The predicted molar refractivity (Wildman–Crippen MR) is 96.6 cm³/mol. The number of carbonyl (C=O) groups is 2. The van der Waals surface area contributed by atoms with E-state index in [9.17, 15) is 18.4 Å². The summed E-state index contributed by atoms with van der Waals surface area (Å²) in [6.07, 6.45) is 0. The molecule has 2 aromatic rings. The van der Waals surface area contributed by atoms with Crippen molar-refractivity contribution in [3.8, 4) is 0 Å². The zero-order chi connectivity index (χ0) is 19.1. The normalized spacial score (nSPS) is 11.8. The van der Waals surface area contributed by atoms with Crippen molar-refractivity contribution in [2.24, 2.45) is 5.73 Å². The first-order chi connectivity index (χ1) is 12.4. The zero-order valence-corrected chi connectivity index (χ0v) is 15.0. The van der Waals surface area contributed by atoms with Crippen LogP contribution in [-0.2, 0) is 9.59 Å². The second kappa shape index (κ2) is 9.30. The third-order valence-electron chi connectivity index (χ3n) is 3.64. The van der Waals surface area contributed by atoms with Crippen LogP contribution >= 0.6 is 11.8 Å². The molecule has 0 fully saturated rings. The number of para-hydroxylation sites is 1. The number of rotatable bonds is 8. The van der Waals surface area contributed by atoms with E-state index < -0.39 is 17.5 Å². The van der Waals surface area contributed by atoms with Gasteiger partial charge in [0.2, 0.25) is 5.91 Å². The molecule has 2 rings (SSSR count). The largest absolute Gasteiger partial charge is 0.369 e. The van der Waals surface area contributed by atoms with E-state index in [4.69, 9.17) is 5.73 Å². The summed E-state index contributed by atoms with van der Waals surface area (Å²) in [7, 11) is 0. The average molecular weight is 380 g/mol. The van der Waals surface area contributed by atoms with Gasteiger partial charge in [-0.1, -0.05) is 12.1 Å². The minimum atomic E-state index is -0.638. The van der Waals surface area contributed by atoms with Crippen LogP contribution in [0.2, 0.25) is 0 Å². The van der Waals surface area contributed by atoms with Crippen LogP contribution in [0, 0.1) is 11.6 Å². The Morgan fingerprint density at radius 2 is 1.96 bits per heavy atom. The van der Waals surface area contributed by atoms with Crippen LogP contribution in [0.15, 0.2) is 47.4 Å². The second-order valence-corrected chi connectivity index (χ2v) is 6.71. The molecular weight excluding hydrogens is 360 g/mol. The monoisotopic (exact) mass is 380 g/mol. The predicted octanol–water partition coefficient (Wildman–Crippen LogP) is 1.81. The Labute approximate surface area is 154 Å². The molecule has 26 heavy (non-hydrogen) atoms. The minimum absolute atomic E-state index is 0.0623. The molecule has 2 aromatic carbocycles. The molecule has 0 bridgehead atoms. The summed E-state index contributed by atoms with van der Waals surface area (Å²) >= 11 is 1.24. The summed E-state index contributed by atoms with van der Waals surface area (Å²) in [4.78, 5) is 23.8. The summed E-state index contributed by atoms with van der Waals surface area (Å²) in [6, 6.07) is 10.1. The number of thioether (sulfide) groups is 1. The van der Waals surface area contributed by atoms with Gasteiger partial charge in [0, 0.05) is 16.5 Å². The van der Waals surface area contributed by atoms with Crippen molar-refractivity contribution >= 4 is 29.3 Å². The van der Waals surface area contributed by atoms with Crippen molar-refractivity contribution in [3.63, 3.8) is 0 Å². The number of halogens is 2. The molecule has 0 saturated heterocycles. The van der Waals surface area contributed by atoms with Crippen LogP contribution in [0.25, 0.3) is 0 Å². The molecule has 0 aliphatic rings. The molecule has 0 aliphatic heterocycles. The number of amides is 2. The van der Waals surface area contributed by atoms with Crippen LogP contribution in [0.5, 0.6) is 0 Å². The van der Waals surface area contributed by atoms with Crippen molar-refractivity contribution in [1.82, 2.24) is 0 Å². The Hall–Kier alpha value is -2.45. The van der Waals surface area contributed by atoms with Crippen molar-refractivity contribution < 1.29 is 23.7 Å². The molecule has 2 amide bonds. The van der Waals surface area contributed by atoms with Gasteiger partial charge in [0.05, 0.1) is 11.4 Å². The first-order valence-corrected chi connectivity index (χ1v) is 8.93. The lowest BCUT2D eigenvalue weighted by molar-refractivity contribution is -0.682. The van der Waals surface area contributed by atoms with E-state index in [2.05, 4.69) is 5.32 Å². The summed E-state index contributed by atoms with van der Waals surface area (Å²) in [5, 5.41) is 4.43. The maximum atomic E-state index is 13.8. The molecular formula is C18H20F2N3O2S+. The lowest BCUT2D eigenvalue weighted by Crippen LogP contribution is -2.86. The van der Waals surface area contributed by atoms with Crippen LogP contribution in [-0.4, -0.2) is 24.1 Å². The number of nitrogens with two attached hydrogens (primary N) is 2. The molecule has 0 aromatic heterocycles. The van der Waals surface area contributed by atoms with Crippen molar-refractivity contribution in [2.75, 3.05) is 17.6 Å². The number of quaternary nitrogens is 1. The van der Waals surface area contributed by atoms with Gasteiger partial charge in [0.1, 0.15) is 17.7 Å². The van der Waals surface area contributed by atoms with E-state index in [-0.39, 0.29) is 24.2 Å². The smallest absolute Gasteiger partial charge is 0.279 e. The Morgan fingerprint density at radius 1 is 1.23 bits per heavy atom. The third-order valence-corrected chi connectivity index (χ3v) is 4.74. The fourth-order valence-electron chi connectivity index (χ4n) is 2.33. The molecule has 0 radical (unpaired) electrons. The number of hydrogen-bond acceptors (Lipinski definition) is 3. The molecule has 0 saturated carbocycles. The molecule has 0 aliphatic carbocycles. The molecule has 0 spiro atoms. The highest BCUT2D eigenvalue weighted by Gasteiger charge is 2.16. The van der Waals surface area contributed by atoms with Crippen LogP contribution in [0.4, 0.5) is 14.5 Å². The summed E-state index contributed by atoms with van der Waals surface area (Å²) in [5.74, 6) is -1.88. The summed E-state index contributed by atoms with van der Waals surface area (Å²) in [6.45, 7) is 1.80. The number of nitrogens with one attached hydrogen (secondary N) is 1. The van der Waals surface area contributed by atoms with Gasteiger partial charge in [0.25, 0.3) is 5.91 Å². The summed E-state index contributed by atoms with van der Waals surface area (Å²) in [5.41, 5.74) is 6.05. The fraction of sp³-hybridized carbons (Fsp3) is 0.222. The molecule has 1 atom stereocenters. The van der Waals surface area contributed by atoms with Crippen LogP contribution < -0.4 is 16.4 Å². The Kier molecular flexibility index (Phi) is 7.11. The first kappa shape index (κ1) is 19.9. The first-order valence-electron chi connectivity index (χ1n) is 7.95. The zero-order valence-electron chi connectivity index (χ0n) is 14.2. The van der Waals surface area contributed by atoms with Crippen molar-refractivity contribution in [1.29, 1.82) is 0 Å². The number of hydrogen-bond donors (Lipinski definition) is 3. The van der Waals surface area contributed by atoms with Gasteiger partial charge in [-0.05, 0) is 31.2 Å². The molecule has 5 N–H and O–H groups in total. The highest BCUT2D eigenvalue weighted by Crippen LogP contribution is 2.26. The highest BCUT2D eigenvalue weighted by atomic mass is 32.2. The van der Waals surface area contributed by atoms with E-state index in [0.717, 1.165) is 11.0 Å². The SMILES string of the molecule is C[C@H]([NH2+]CC(=O)Nc1ccccc1SCC(N)=O)c1ccc(F)cc1F. The Morgan fingerprint density at radius 3 is 2.65 bits per heavy atom. The molecule has 0 heterocycles. The Balaban J connectivity index is 1.93. The van der Waals surface area contributed by atoms with Crippen LogP contribution in [0.3, 0.4) is 0 Å². The van der Waals surface area contributed by atoms with Gasteiger partial charge < -0.3 is 16.4 Å². The molecule has 0 unspecified atom stereocenters. The number of anilines is 1. The van der Waals surface area contributed by atoms with E-state index in [1.54, 1.807) is 36.5 Å². The average Bonchev–Trinajstić information content (AvgIpc) is 2.59.